The van der Waals surface area contributed by atoms with Crippen molar-refractivity contribution in [2.75, 3.05) is 5.32 Å². The number of nitrogens with one attached hydrogen (secondary N) is 1. The monoisotopic (exact) mass is 249 g/mol. The minimum Gasteiger partial charge on any atom is -0.480 e. The van der Waals surface area contributed by atoms with Crippen LogP contribution in [0.15, 0.2) is 18.2 Å². The molecule has 1 aromatic rings. The van der Waals surface area contributed by atoms with Crippen molar-refractivity contribution in [3.8, 4) is 6.07 Å². The summed E-state index contributed by atoms with van der Waals surface area (Å²) in [7, 11) is 0. The van der Waals surface area contributed by atoms with Gasteiger partial charge >= 0.3 is 5.97 Å². The van der Waals surface area contributed by atoms with Crippen LogP contribution in [0.1, 0.15) is 19.4 Å². The first-order valence-electron chi connectivity index (χ1n) is 4.98. The van der Waals surface area contributed by atoms with E-state index in [-0.39, 0.29) is 16.9 Å². The van der Waals surface area contributed by atoms with Crippen LogP contribution >= 0.6 is 0 Å². The Bertz CT molecular complexity index is 546. The summed E-state index contributed by atoms with van der Waals surface area (Å²) in [4.78, 5) is 21.1. The van der Waals surface area contributed by atoms with Crippen molar-refractivity contribution < 1.29 is 14.8 Å². The molecule has 1 aromatic carbocycles. The summed E-state index contributed by atoms with van der Waals surface area (Å²) in [5.41, 5.74) is -1.48. The van der Waals surface area contributed by atoms with E-state index in [1.54, 1.807) is 6.07 Å². The van der Waals surface area contributed by atoms with Gasteiger partial charge in [0.1, 0.15) is 11.2 Å². The Morgan fingerprint density at radius 2 is 2.17 bits per heavy atom. The third-order valence-corrected chi connectivity index (χ3v) is 2.31. The highest BCUT2D eigenvalue weighted by Gasteiger charge is 2.29. The number of nitro groups is 1. The molecule has 0 aliphatic rings. The average molecular weight is 249 g/mol. The van der Waals surface area contributed by atoms with Crippen molar-refractivity contribution in [1.29, 1.82) is 5.26 Å². The summed E-state index contributed by atoms with van der Waals surface area (Å²) in [6, 6.07) is 5.59. The Hall–Kier alpha value is -2.62. The van der Waals surface area contributed by atoms with Crippen molar-refractivity contribution in [2.45, 2.75) is 19.4 Å². The molecule has 0 saturated heterocycles. The Morgan fingerprint density at radius 1 is 1.56 bits per heavy atom. The Balaban J connectivity index is 3.22. The summed E-state index contributed by atoms with van der Waals surface area (Å²) in [6.07, 6.45) is 0. The molecule has 0 fully saturated rings. The molecule has 0 spiro atoms. The number of carboxylic acid groups (broad SMARTS) is 1. The molecule has 18 heavy (non-hydrogen) atoms. The van der Waals surface area contributed by atoms with Crippen LogP contribution in [0.3, 0.4) is 0 Å². The summed E-state index contributed by atoms with van der Waals surface area (Å²) in [5.74, 6) is -1.14. The third kappa shape index (κ3) is 2.74. The zero-order valence-corrected chi connectivity index (χ0v) is 9.80. The standard InChI is InChI=1S/C11H11N3O4/c1-11(2,10(15)16)13-8-4-3-7(6-12)5-9(8)14(17)18/h3-5,13H,1-2H3,(H,15,16). The topological polar surface area (TPSA) is 116 Å². The molecule has 0 unspecified atom stereocenters. The maximum Gasteiger partial charge on any atom is 0.328 e. The Labute approximate surface area is 103 Å². The highest BCUT2D eigenvalue weighted by molar-refractivity contribution is 5.83. The molecular formula is C11H11N3O4. The van der Waals surface area contributed by atoms with Crippen LogP contribution in [-0.2, 0) is 4.79 Å². The predicted molar refractivity (Wildman–Crippen MR) is 63.1 cm³/mol. The lowest BCUT2D eigenvalue weighted by Gasteiger charge is -2.22. The lowest BCUT2D eigenvalue weighted by atomic mass is 10.0. The van der Waals surface area contributed by atoms with Gasteiger partial charge in [-0.2, -0.15) is 5.26 Å². The zero-order chi connectivity index (χ0) is 13.9. The molecule has 7 heteroatoms. The number of nitriles is 1. The van der Waals surface area contributed by atoms with E-state index in [0.717, 1.165) is 6.07 Å². The minimum atomic E-state index is -1.35. The zero-order valence-electron chi connectivity index (χ0n) is 9.80. The van der Waals surface area contributed by atoms with Gasteiger partial charge in [0.15, 0.2) is 0 Å². The van der Waals surface area contributed by atoms with E-state index in [0.29, 0.717) is 0 Å². The normalized spacial score (nSPS) is 10.5. The number of carbonyl (C=O) groups is 1. The second-order valence-corrected chi connectivity index (χ2v) is 4.16. The molecule has 0 atom stereocenters. The SMILES string of the molecule is CC(C)(Nc1ccc(C#N)cc1[N+](=O)[O-])C(=O)O. The molecule has 0 amide bonds. The predicted octanol–water partition coefficient (Wildman–Crippen LogP) is 1.74. The first-order valence-corrected chi connectivity index (χ1v) is 4.98. The summed E-state index contributed by atoms with van der Waals surface area (Å²) in [6.45, 7) is 2.77. The van der Waals surface area contributed by atoms with Gasteiger partial charge in [0.2, 0.25) is 0 Å². The van der Waals surface area contributed by atoms with E-state index in [1.165, 1.54) is 26.0 Å². The smallest absolute Gasteiger partial charge is 0.328 e. The largest absolute Gasteiger partial charge is 0.480 e. The van der Waals surface area contributed by atoms with E-state index >= 15 is 0 Å². The number of nitro benzene ring substituents is 1. The molecule has 0 heterocycles. The van der Waals surface area contributed by atoms with Crippen LogP contribution in [0.25, 0.3) is 0 Å². The fourth-order valence-electron chi connectivity index (χ4n) is 1.25. The molecule has 0 aromatic heterocycles. The second kappa shape index (κ2) is 4.71. The average Bonchev–Trinajstić information content (AvgIpc) is 2.28. The summed E-state index contributed by atoms with van der Waals surface area (Å²) in [5, 5.41) is 31.0. The molecule has 0 aliphatic carbocycles. The molecule has 7 nitrogen and oxygen atoms in total. The number of hydrogen-bond donors (Lipinski definition) is 2. The number of carboxylic acids is 1. The highest BCUT2D eigenvalue weighted by Crippen LogP contribution is 2.28. The number of hydrogen-bond acceptors (Lipinski definition) is 5. The van der Waals surface area contributed by atoms with E-state index in [4.69, 9.17) is 10.4 Å². The first-order chi connectivity index (χ1) is 8.27. The van der Waals surface area contributed by atoms with E-state index < -0.39 is 16.4 Å². The molecular weight excluding hydrogens is 238 g/mol. The lowest BCUT2D eigenvalue weighted by molar-refractivity contribution is -0.384. The fourth-order valence-corrected chi connectivity index (χ4v) is 1.25. The van der Waals surface area contributed by atoms with Crippen molar-refractivity contribution in [2.24, 2.45) is 0 Å². The van der Waals surface area contributed by atoms with Gasteiger partial charge in [-0.25, -0.2) is 4.79 Å². The first kappa shape index (κ1) is 13.4. The number of aliphatic carboxylic acids is 1. The molecule has 0 bridgehead atoms. The van der Waals surface area contributed by atoms with Gasteiger partial charge in [0.05, 0.1) is 16.6 Å². The van der Waals surface area contributed by atoms with Crippen LogP contribution in [0.4, 0.5) is 11.4 Å². The molecule has 2 N–H and O–H groups in total. The second-order valence-electron chi connectivity index (χ2n) is 4.16. The van der Waals surface area contributed by atoms with Crippen LogP contribution in [0.2, 0.25) is 0 Å². The number of nitrogens with zero attached hydrogens (tertiary/aromatic N) is 2. The Morgan fingerprint density at radius 3 is 2.61 bits per heavy atom. The number of rotatable bonds is 4. The van der Waals surface area contributed by atoms with Gasteiger partial charge in [0, 0.05) is 6.07 Å². The summed E-state index contributed by atoms with van der Waals surface area (Å²) >= 11 is 0. The van der Waals surface area contributed by atoms with Gasteiger partial charge in [-0.15, -0.1) is 0 Å². The van der Waals surface area contributed by atoms with Crippen molar-refractivity contribution in [3.05, 3.63) is 33.9 Å². The lowest BCUT2D eigenvalue weighted by Crippen LogP contribution is -2.40. The highest BCUT2D eigenvalue weighted by atomic mass is 16.6. The van der Waals surface area contributed by atoms with Crippen molar-refractivity contribution in [1.82, 2.24) is 0 Å². The van der Waals surface area contributed by atoms with Gasteiger partial charge in [0.25, 0.3) is 5.69 Å². The van der Waals surface area contributed by atoms with Gasteiger partial charge in [-0.1, -0.05) is 0 Å². The molecule has 1 rings (SSSR count). The van der Waals surface area contributed by atoms with Gasteiger partial charge in [-0.3, -0.25) is 10.1 Å². The van der Waals surface area contributed by atoms with Gasteiger partial charge in [-0.05, 0) is 26.0 Å². The van der Waals surface area contributed by atoms with E-state index in [9.17, 15) is 14.9 Å². The maximum absolute atomic E-state index is 10.9. The third-order valence-electron chi connectivity index (χ3n) is 2.31. The quantitative estimate of drug-likeness (QED) is 0.620. The number of benzene rings is 1. The molecule has 0 aliphatic heterocycles. The molecule has 94 valence electrons. The van der Waals surface area contributed by atoms with Crippen LogP contribution in [-0.4, -0.2) is 21.5 Å². The van der Waals surface area contributed by atoms with Crippen LogP contribution in [0.5, 0.6) is 0 Å². The minimum absolute atomic E-state index is 0.0615. The molecule has 0 saturated carbocycles. The van der Waals surface area contributed by atoms with Crippen LogP contribution in [0, 0.1) is 21.4 Å². The molecule has 0 radical (unpaired) electrons. The van der Waals surface area contributed by atoms with Crippen molar-refractivity contribution >= 4 is 17.3 Å². The van der Waals surface area contributed by atoms with E-state index in [1.807, 2.05) is 0 Å². The maximum atomic E-state index is 10.9. The van der Waals surface area contributed by atoms with Gasteiger partial charge < -0.3 is 10.4 Å². The number of anilines is 1. The Kier molecular flexibility index (Phi) is 3.52. The fraction of sp³-hybridized carbons (Fsp3) is 0.273. The summed E-state index contributed by atoms with van der Waals surface area (Å²) < 4.78 is 0. The van der Waals surface area contributed by atoms with Crippen molar-refractivity contribution in [3.63, 3.8) is 0 Å². The van der Waals surface area contributed by atoms with E-state index in [2.05, 4.69) is 5.32 Å². The van der Waals surface area contributed by atoms with Crippen LogP contribution < -0.4 is 5.32 Å².